The van der Waals surface area contributed by atoms with Crippen LogP contribution in [0.2, 0.25) is 0 Å². The fraction of sp³-hybridized carbons (Fsp3) is 0.786. The Morgan fingerprint density at radius 1 is 1.44 bits per heavy atom. The maximum atomic E-state index is 12.1. The van der Waals surface area contributed by atoms with Crippen LogP contribution >= 0.6 is 0 Å². The zero-order valence-corrected chi connectivity index (χ0v) is 10.8. The molecule has 0 aromatic carbocycles. The summed E-state index contributed by atoms with van der Waals surface area (Å²) in [6.45, 7) is 3.85. The van der Waals surface area contributed by atoms with Crippen LogP contribution < -0.4 is 0 Å². The van der Waals surface area contributed by atoms with Crippen molar-refractivity contribution in [3.8, 4) is 0 Å². The Kier molecular flexibility index (Phi) is 2.42. The van der Waals surface area contributed by atoms with E-state index in [9.17, 15) is 15.0 Å². The van der Waals surface area contributed by atoms with Crippen molar-refractivity contribution in [3.05, 3.63) is 12.2 Å². The number of aliphatic hydroxyl groups is 2. The van der Waals surface area contributed by atoms with Crippen LogP contribution in [0, 0.1) is 23.2 Å². The van der Waals surface area contributed by atoms with Crippen LogP contribution in [0.4, 0.5) is 0 Å². The van der Waals surface area contributed by atoms with Gasteiger partial charge in [0.1, 0.15) is 17.6 Å². The normalized spacial score (nSPS) is 54.8. The first-order valence-corrected chi connectivity index (χ1v) is 6.65. The highest BCUT2D eigenvalue weighted by Crippen LogP contribution is 2.56. The van der Waals surface area contributed by atoms with Crippen molar-refractivity contribution in [2.45, 2.75) is 38.4 Å². The number of hydrogen-bond acceptors (Lipinski definition) is 4. The number of carbonyl (C=O) groups excluding carboxylic acids is 1. The molecule has 2 aliphatic carbocycles. The van der Waals surface area contributed by atoms with Gasteiger partial charge in [-0.15, -0.1) is 0 Å². The van der Waals surface area contributed by atoms with E-state index in [1.165, 1.54) is 0 Å². The van der Waals surface area contributed by atoms with E-state index in [2.05, 4.69) is 0 Å². The van der Waals surface area contributed by atoms with Crippen LogP contribution in [0.3, 0.4) is 0 Å². The number of ether oxygens (including phenoxy) is 1. The third-order valence-electron chi connectivity index (χ3n) is 5.42. The topological polar surface area (TPSA) is 66.8 Å². The third-order valence-corrected chi connectivity index (χ3v) is 5.42. The summed E-state index contributed by atoms with van der Waals surface area (Å²) in [5.41, 5.74) is -2.11. The van der Waals surface area contributed by atoms with Crippen LogP contribution in [0.25, 0.3) is 0 Å². The maximum Gasteiger partial charge on any atom is 0.315 e. The first-order valence-electron chi connectivity index (χ1n) is 6.65. The monoisotopic (exact) mass is 252 g/mol. The van der Waals surface area contributed by atoms with Crippen molar-refractivity contribution in [2.24, 2.45) is 23.2 Å². The number of allylic oxidation sites excluding steroid dienone is 1. The zero-order valence-electron chi connectivity index (χ0n) is 10.8. The predicted molar refractivity (Wildman–Crippen MR) is 64.5 cm³/mol. The number of cyclic esters (lactones) is 1. The minimum absolute atomic E-state index is 0.0336. The van der Waals surface area contributed by atoms with Gasteiger partial charge in [-0.3, -0.25) is 4.79 Å². The third kappa shape index (κ3) is 1.30. The minimum Gasteiger partial charge on any atom is -0.462 e. The SMILES string of the molecule is CC1CC2C=CC3(O)COC(=O)C3(C)C2CC1O. The predicted octanol–water partition coefficient (Wildman–Crippen LogP) is 0.874. The average molecular weight is 252 g/mol. The summed E-state index contributed by atoms with van der Waals surface area (Å²) in [6.07, 6.45) is 4.78. The van der Waals surface area contributed by atoms with Crippen molar-refractivity contribution in [2.75, 3.05) is 6.61 Å². The van der Waals surface area contributed by atoms with Gasteiger partial charge in [0.15, 0.2) is 0 Å². The Hall–Kier alpha value is -0.870. The number of esters is 1. The Balaban J connectivity index is 2.04. The molecule has 0 aromatic rings. The van der Waals surface area contributed by atoms with Gasteiger partial charge >= 0.3 is 5.97 Å². The first kappa shape index (κ1) is 12.2. The first-order chi connectivity index (χ1) is 8.38. The lowest BCUT2D eigenvalue weighted by Crippen LogP contribution is -2.57. The van der Waals surface area contributed by atoms with Gasteiger partial charge in [0, 0.05) is 0 Å². The van der Waals surface area contributed by atoms with Gasteiger partial charge < -0.3 is 14.9 Å². The second kappa shape index (κ2) is 3.58. The van der Waals surface area contributed by atoms with E-state index in [0.29, 0.717) is 6.42 Å². The highest BCUT2D eigenvalue weighted by Gasteiger charge is 2.65. The molecular formula is C14H20O4. The molecule has 1 heterocycles. The van der Waals surface area contributed by atoms with Crippen LogP contribution in [0.5, 0.6) is 0 Å². The molecule has 4 nitrogen and oxygen atoms in total. The summed E-state index contributed by atoms with van der Waals surface area (Å²) in [7, 11) is 0. The second-order valence-electron chi connectivity index (χ2n) is 6.35. The second-order valence-corrected chi connectivity index (χ2v) is 6.35. The Labute approximate surface area is 107 Å². The lowest BCUT2D eigenvalue weighted by molar-refractivity contribution is -0.156. The summed E-state index contributed by atoms with van der Waals surface area (Å²) in [6, 6.07) is 0. The number of carbonyl (C=O) groups is 1. The van der Waals surface area contributed by atoms with Crippen LogP contribution in [-0.2, 0) is 9.53 Å². The molecule has 6 atom stereocenters. The molecule has 1 aliphatic heterocycles. The maximum absolute atomic E-state index is 12.1. The van der Waals surface area contributed by atoms with E-state index < -0.39 is 17.1 Å². The van der Waals surface area contributed by atoms with Crippen molar-refractivity contribution >= 4 is 5.97 Å². The molecule has 0 radical (unpaired) electrons. The summed E-state index contributed by atoms with van der Waals surface area (Å²) in [4.78, 5) is 12.1. The Morgan fingerprint density at radius 2 is 2.17 bits per heavy atom. The highest BCUT2D eigenvalue weighted by atomic mass is 16.6. The van der Waals surface area contributed by atoms with Gasteiger partial charge in [0.2, 0.25) is 0 Å². The molecule has 1 saturated carbocycles. The summed E-state index contributed by atoms with van der Waals surface area (Å²) >= 11 is 0. The van der Waals surface area contributed by atoms with Gasteiger partial charge in [-0.25, -0.2) is 0 Å². The van der Waals surface area contributed by atoms with E-state index >= 15 is 0 Å². The number of aliphatic hydroxyl groups excluding tert-OH is 1. The highest BCUT2D eigenvalue weighted by molar-refractivity contribution is 5.82. The van der Waals surface area contributed by atoms with Crippen LogP contribution in [0.1, 0.15) is 26.7 Å². The zero-order chi connectivity index (χ0) is 13.1. The van der Waals surface area contributed by atoms with Crippen LogP contribution in [0.15, 0.2) is 12.2 Å². The smallest absolute Gasteiger partial charge is 0.315 e. The fourth-order valence-corrected chi connectivity index (χ4v) is 3.92. The molecule has 2 N–H and O–H groups in total. The summed E-state index contributed by atoms with van der Waals surface area (Å²) in [5.74, 6) is 0.127. The minimum atomic E-state index is -1.20. The largest absolute Gasteiger partial charge is 0.462 e. The Bertz CT molecular complexity index is 418. The standard InChI is InChI=1S/C14H20O4/c1-8-5-9-3-4-14(17)7-18-12(16)13(14,2)10(9)6-11(8)15/h3-4,8-11,15,17H,5-7H2,1-2H3. The van der Waals surface area contributed by atoms with E-state index in [-0.39, 0.29) is 30.3 Å². The Morgan fingerprint density at radius 3 is 2.89 bits per heavy atom. The van der Waals surface area contributed by atoms with Crippen molar-refractivity contribution in [1.29, 1.82) is 0 Å². The fourth-order valence-electron chi connectivity index (χ4n) is 3.92. The van der Waals surface area contributed by atoms with Gasteiger partial charge in [-0.1, -0.05) is 19.1 Å². The van der Waals surface area contributed by atoms with E-state index in [1.807, 2.05) is 13.0 Å². The number of rotatable bonds is 0. The van der Waals surface area contributed by atoms with E-state index in [0.717, 1.165) is 6.42 Å². The van der Waals surface area contributed by atoms with Crippen LogP contribution in [-0.4, -0.2) is 34.5 Å². The van der Waals surface area contributed by atoms with E-state index in [1.54, 1.807) is 13.0 Å². The van der Waals surface area contributed by atoms with Crippen molar-refractivity contribution in [3.63, 3.8) is 0 Å². The van der Waals surface area contributed by atoms with Crippen molar-refractivity contribution in [1.82, 2.24) is 0 Å². The van der Waals surface area contributed by atoms with Gasteiger partial charge in [-0.2, -0.15) is 0 Å². The van der Waals surface area contributed by atoms with Gasteiger partial charge in [0.25, 0.3) is 0 Å². The molecule has 0 spiro atoms. The lowest BCUT2D eigenvalue weighted by atomic mass is 9.54. The average Bonchev–Trinajstić information content (AvgIpc) is 2.56. The summed E-state index contributed by atoms with van der Waals surface area (Å²) < 4.78 is 5.10. The molecule has 0 aromatic heterocycles. The van der Waals surface area contributed by atoms with E-state index in [4.69, 9.17) is 4.74 Å². The lowest BCUT2D eigenvalue weighted by Gasteiger charge is -2.50. The van der Waals surface area contributed by atoms with Gasteiger partial charge in [-0.05, 0) is 37.5 Å². The molecule has 0 amide bonds. The molecule has 4 heteroatoms. The molecule has 100 valence electrons. The molecule has 6 unspecified atom stereocenters. The quantitative estimate of drug-likeness (QED) is 0.496. The molecule has 3 rings (SSSR count). The summed E-state index contributed by atoms with van der Waals surface area (Å²) in [5, 5.41) is 20.7. The van der Waals surface area contributed by atoms with Crippen molar-refractivity contribution < 1.29 is 19.7 Å². The number of fused-ring (bicyclic) bond motifs is 3. The van der Waals surface area contributed by atoms with Gasteiger partial charge in [0.05, 0.1) is 6.10 Å². The molecule has 3 aliphatic rings. The number of hydrogen-bond donors (Lipinski definition) is 2. The molecule has 18 heavy (non-hydrogen) atoms. The molecule has 0 bridgehead atoms. The molecule has 2 fully saturated rings. The molecular weight excluding hydrogens is 232 g/mol. The molecule has 1 saturated heterocycles.